The highest BCUT2D eigenvalue weighted by molar-refractivity contribution is 9.10. The van der Waals surface area contributed by atoms with Crippen molar-refractivity contribution >= 4 is 36.0 Å². The van der Waals surface area contributed by atoms with Gasteiger partial charge in [0.25, 0.3) is 0 Å². The van der Waals surface area contributed by atoms with E-state index < -0.39 is 32.6 Å². The summed E-state index contributed by atoms with van der Waals surface area (Å²) in [6, 6.07) is 15.7. The highest BCUT2D eigenvalue weighted by atomic mass is 79.9. The third-order valence-corrected chi connectivity index (χ3v) is 16.4. The summed E-state index contributed by atoms with van der Waals surface area (Å²) in [4.78, 5) is 26.6. The number of Topliss-reactive ketones (excluding diaryl/α,β-unsaturated/α-hetero) is 1. The second-order valence-electron chi connectivity index (χ2n) is 17.1. The Bertz CT molecular complexity index is 1490. The van der Waals surface area contributed by atoms with Crippen molar-refractivity contribution in [2.45, 2.75) is 167 Å². The lowest BCUT2D eigenvalue weighted by atomic mass is 9.99. The van der Waals surface area contributed by atoms with Crippen molar-refractivity contribution in [2.75, 3.05) is 33.5 Å². The molecule has 2 heterocycles. The lowest BCUT2D eigenvalue weighted by Gasteiger charge is -2.40. The zero-order valence-electron chi connectivity index (χ0n) is 36.0. The third-order valence-electron chi connectivity index (χ3n) is 11.1. The molecule has 2 saturated heterocycles. The fraction of sp³-hybridized carbons (Fsp3) is 0.689. The number of methoxy groups -OCH3 is 1. The van der Waals surface area contributed by atoms with Crippen LogP contribution in [-0.4, -0.2) is 90.6 Å². The molecule has 326 valence electrons. The highest BCUT2D eigenvalue weighted by Crippen LogP contribution is 2.39. The van der Waals surface area contributed by atoms with Crippen molar-refractivity contribution in [1.29, 1.82) is 0 Å². The van der Waals surface area contributed by atoms with Crippen LogP contribution in [0.4, 0.5) is 0 Å². The van der Waals surface area contributed by atoms with Crippen molar-refractivity contribution in [3.8, 4) is 5.75 Å². The quantitative estimate of drug-likeness (QED) is 0.0539. The first-order valence-corrected chi connectivity index (χ1v) is 24.8. The molecule has 0 aromatic heterocycles. The average molecular weight is 894 g/mol. The molecule has 0 amide bonds. The fourth-order valence-corrected chi connectivity index (χ4v) is 8.63. The number of hydrogen-bond donors (Lipinski definition) is 0. The molecule has 6 atom stereocenters. The van der Waals surface area contributed by atoms with E-state index in [4.69, 9.17) is 42.3 Å². The number of carbonyl (C=O) groups is 2. The van der Waals surface area contributed by atoms with Gasteiger partial charge in [0.05, 0.1) is 45.2 Å². The van der Waals surface area contributed by atoms with Gasteiger partial charge in [-0.15, -0.1) is 0 Å². The molecule has 2 unspecified atom stereocenters. The van der Waals surface area contributed by atoms with Crippen LogP contribution in [0, 0.1) is 0 Å². The topological polar surface area (TPSA) is 117 Å². The number of carbonyl (C=O) groups excluding carboxylic acids is 2. The maximum Gasteiger partial charge on any atom is 0.302 e. The van der Waals surface area contributed by atoms with Crippen molar-refractivity contribution in [1.82, 2.24) is 0 Å². The van der Waals surface area contributed by atoms with Gasteiger partial charge in [0.2, 0.25) is 0 Å². The second kappa shape index (κ2) is 24.9. The largest absolute Gasteiger partial charge is 0.497 e. The fourth-order valence-electron chi connectivity index (χ4n) is 6.86. The van der Waals surface area contributed by atoms with Gasteiger partial charge in [0, 0.05) is 50.5 Å². The zero-order chi connectivity index (χ0) is 42.0. The van der Waals surface area contributed by atoms with Gasteiger partial charge in [-0.2, -0.15) is 0 Å². The first-order chi connectivity index (χ1) is 27.7. The van der Waals surface area contributed by atoms with E-state index >= 15 is 0 Å². The molecule has 2 fully saturated rings. The van der Waals surface area contributed by atoms with E-state index in [1.807, 2.05) is 48.5 Å². The highest BCUT2D eigenvalue weighted by Gasteiger charge is 2.40. The van der Waals surface area contributed by atoms with E-state index in [1.165, 1.54) is 6.92 Å². The van der Waals surface area contributed by atoms with Gasteiger partial charge in [-0.3, -0.25) is 9.59 Å². The molecule has 4 rings (SSSR count). The minimum atomic E-state index is -2.33. The predicted molar refractivity (Wildman–Crippen MR) is 229 cm³/mol. The van der Waals surface area contributed by atoms with Gasteiger partial charge in [-0.25, -0.2) is 0 Å². The summed E-state index contributed by atoms with van der Waals surface area (Å²) in [7, 11) is -0.692. The van der Waals surface area contributed by atoms with Gasteiger partial charge in [-0.05, 0) is 98.8 Å². The maximum absolute atomic E-state index is 14.2. The molecule has 2 aromatic rings. The molecule has 0 aliphatic carbocycles. The van der Waals surface area contributed by atoms with Crippen molar-refractivity contribution in [3.05, 3.63) is 64.1 Å². The predicted octanol–water partition coefficient (Wildman–Crippen LogP) is 9.86. The van der Waals surface area contributed by atoms with E-state index in [2.05, 4.69) is 49.8 Å². The summed E-state index contributed by atoms with van der Waals surface area (Å²) in [6.07, 6.45) is 4.64. The van der Waals surface area contributed by atoms with E-state index in [0.29, 0.717) is 45.9 Å². The summed E-state index contributed by atoms with van der Waals surface area (Å²) in [5, 5.41) is -0.0822. The Hall–Kier alpha value is -2.20. The maximum atomic E-state index is 14.2. The molecule has 0 N–H and O–H groups in total. The second-order valence-corrected chi connectivity index (χ2v) is 22.7. The van der Waals surface area contributed by atoms with Gasteiger partial charge >= 0.3 is 5.97 Å². The van der Waals surface area contributed by atoms with Crippen LogP contribution in [0.5, 0.6) is 5.75 Å². The molecule has 11 nitrogen and oxygen atoms in total. The molecule has 13 heteroatoms. The number of esters is 1. The summed E-state index contributed by atoms with van der Waals surface area (Å²) < 4.78 is 56.4. The lowest BCUT2D eigenvalue weighted by molar-refractivity contribution is -0.205. The SMILES string of the molecule is COc1ccc(COC[C@@H](C[C@@H](CC(=O)C[C@H](C[C@H](CCOCc2ccccc2Br)OC2CCCCO2)O[Si](C)(C)C(C)(C)C)OC(C)=O)OC2CCCCO2)cc1. The van der Waals surface area contributed by atoms with Crippen LogP contribution in [0.1, 0.15) is 109 Å². The van der Waals surface area contributed by atoms with Crippen LogP contribution in [0.25, 0.3) is 0 Å². The van der Waals surface area contributed by atoms with Crippen molar-refractivity contribution < 1.29 is 51.9 Å². The molecule has 0 saturated carbocycles. The van der Waals surface area contributed by atoms with Gasteiger partial charge in [-0.1, -0.05) is 67.0 Å². The standard InChI is InChI=1S/C45H69BrO11Si/c1-33(47)54-39(29-41(56-44-17-11-13-24-53-44)32-51-30-34-18-20-37(49-5)21-19-34)26-36(48)27-40(57-58(6,7)45(2,3)4)28-38(55-43-16-10-12-23-52-43)22-25-50-31-35-14-8-9-15-42(35)46/h8-9,14-15,18-21,38-41,43-44H,10-13,16-17,22-32H2,1-7H3/t38-,39+,40+,41+,43?,44?/m0/s1. The third kappa shape index (κ3) is 17.8. The number of ketones is 1. The molecule has 0 bridgehead atoms. The molecule has 0 spiro atoms. The Morgan fingerprint density at radius 1 is 0.810 bits per heavy atom. The van der Waals surface area contributed by atoms with Gasteiger partial charge < -0.3 is 42.3 Å². The minimum Gasteiger partial charge on any atom is -0.497 e. The van der Waals surface area contributed by atoms with Crippen LogP contribution < -0.4 is 4.74 Å². The van der Waals surface area contributed by atoms with Crippen molar-refractivity contribution in [2.24, 2.45) is 0 Å². The van der Waals surface area contributed by atoms with E-state index in [1.54, 1.807) is 7.11 Å². The Balaban J connectivity index is 1.46. The Kier molecular flexibility index (Phi) is 20.8. The van der Waals surface area contributed by atoms with Crippen LogP contribution in [0.15, 0.2) is 53.0 Å². The normalized spacial score (nSPS) is 19.9. The molecule has 58 heavy (non-hydrogen) atoms. The molecule has 2 aliphatic rings. The monoisotopic (exact) mass is 892 g/mol. The molecular formula is C45H69BrO11Si. The zero-order valence-corrected chi connectivity index (χ0v) is 38.6. The van der Waals surface area contributed by atoms with Gasteiger partial charge in [0.1, 0.15) is 17.6 Å². The summed E-state index contributed by atoms with van der Waals surface area (Å²) >= 11 is 3.62. The summed E-state index contributed by atoms with van der Waals surface area (Å²) in [5.74, 6) is 0.259. The number of hydrogen-bond acceptors (Lipinski definition) is 11. The summed E-state index contributed by atoms with van der Waals surface area (Å²) in [5.41, 5.74) is 2.06. The minimum absolute atomic E-state index is 0.0210. The number of halogens is 1. The number of benzene rings is 2. The van der Waals surface area contributed by atoms with Crippen LogP contribution in [-0.2, 0) is 60.4 Å². The van der Waals surface area contributed by atoms with Gasteiger partial charge in [0.15, 0.2) is 20.9 Å². The molecule has 2 aliphatic heterocycles. The summed E-state index contributed by atoms with van der Waals surface area (Å²) in [6.45, 7) is 15.2. The molecule has 0 radical (unpaired) electrons. The first-order valence-electron chi connectivity index (χ1n) is 21.1. The average Bonchev–Trinajstić information content (AvgIpc) is 3.17. The van der Waals surface area contributed by atoms with Crippen LogP contribution in [0.3, 0.4) is 0 Å². The Morgan fingerprint density at radius 2 is 1.43 bits per heavy atom. The smallest absolute Gasteiger partial charge is 0.302 e. The van der Waals surface area contributed by atoms with E-state index in [9.17, 15) is 9.59 Å². The first kappa shape index (κ1) is 48.5. The molecular weight excluding hydrogens is 824 g/mol. The van der Waals surface area contributed by atoms with E-state index in [0.717, 1.165) is 59.9 Å². The van der Waals surface area contributed by atoms with Crippen LogP contribution in [0.2, 0.25) is 18.1 Å². The number of rotatable bonds is 25. The van der Waals surface area contributed by atoms with E-state index in [-0.39, 0.29) is 55.4 Å². The Labute approximate surface area is 356 Å². The van der Waals surface area contributed by atoms with Crippen molar-refractivity contribution in [3.63, 3.8) is 0 Å². The van der Waals surface area contributed by atoms with Crippen LogP contribution >= 0.6 is 15.9 Å². The Morgan fingerprint density at radius 3 is 2.02 bits per heavy atom. The molecule has 2 aromatic carbocycles. The lowest BCUT2D eigenvalue weighted by Crippen LogP contribution is -2.45. The number of ether oxygens (including phenoxy) is 8.